The van der Waals surface area contributed by atoms with Crippen molar-refractivity contribution >= 4 is 34.9 Å². The third-order valence-corrected chi connectivity index (χ3v) is 6.42. The molecule has 40 heavy (non-hydrogen) atoms. The van der Waals surface area contributed by atoms with Crippen molar-refractivity contribution in [2.45, 2.75) is 33.0 Å². The number of benzene rings is 3. The number of alkyl halides is 3. The van der Waals surface area contributed by atoms with E-state index in [2.05, 4.69) is 53.2 Å². The fraction of sp³-hybridized carbons (Fsp3) is 0.276. The molecule has 0 saturated carbocycles. The largest absolute Gasteiger partial charge is 0.490 e. The molecular formula is C29H30F3N3O5. The number of piperazine rings is 1. The standard InChI is InChI=1S/C27H29N3O3.C2HF3O2/c1-18-7-6-9-22(15-18)30-14-13-29(17-20(30)3)25-12-11-21(16-24(25)27(32)33)28-26(31)23-10-5-4-8-19(23)2;3-2(4,5)1(6)7/h4-12,15-16,20H,13-14,17H2,1-3H3,(H,28,31)(H,32,33);(H,6,7). The van der Waals surface area contributed by atoms with Gasteiger partial charge in [-0.3, -0.25) is 4.79 Å². The first-order valence-electron chi connectivity index (χ1n) is 12.4. The predicted octanol–water partition coefficient (Wildman–Crippen LogP) is 5.60. The van der Waals surface area contributed by atoms with Gasteiger partial charge >= 0.3 is 18.1 Å². The molecule has 0 bridgehead atoms. The van der Waals surface area contributed by atoms with Crippen molar-refractivity contribution in [2.75, 3.05) is 34.8 Å². The molecule has 0 aromatic heterocycles. The minimum atomic E-state index is -5.08. The van der Waals surface area contributed by atoms with E-state index in [1.165, 1.54) is 11.3 Å². The normalized spacial score (nSPS) is 15.1. The van der Waals surface area contributed by atoms with Crippen LogP contribution in [0.2, 0.25) is 0 Å². The Morgan fingerprint density at radius 3 is 2.15 bits per heavy atom. The summed E-state index contributed by atoms with van der Waals surface area (Å²) < 4.78 is 31.7. The Morgan fingerprint density at radius 1 is 0.900 bits per heavy atom. The molecule has 0 spiro atoms. The van der Waals surface area contributed by atoms with Crippen LogP contribution in [-0.4, -0.2) is 59.9 Å². The van der Waals surface area contributed by atoms with E-state index in [0.29, 0.717) is 30.0 Å². The second-order valence-electron chi connectivity index (χ2n) is 9.44. The minimum absolute atomic E-state index is 0.189. The lowest BCUT2D eigenvalue weighted by Gasteiger charge is -2.42. The van der Waals surface area contributed by atoms with Crippen molar-refractivity contribution in [3.63, 3.8) is 0 Å². The zero-order valence-electron chi connectivity index (χ0n) is 22.2. The van der Waals surface area contributed by atoms with Gasteiger partial charge in [-0.25, -0.2) is 9.59 Å². The number of carboxylic acids is 2. The van der Waals surface area contributed by atoms with Crippen LogP contribution in [0.25, 0.3) is 0 Å². The van der Waals surface area contributed by atoms with Crippen molar-refractivity contribution in [3.8, 4) is 0 Å². The summed E-state index contributed by atoms with van der Waals surface area (Å²) in [4.78, 5) is 38.1. The summed E-state index contributed by atoms with van der Waals surface area (Å²) in [6, 6.07) is 21.1. The highest BCUT2D eigenvalue weighted by molar-refractivity contribution is 6.06. The van der Waals surface area contributed by atoms with Crippen molar-refractivity contribution in [1.82, 2.24) is 0 Å². The van der Waals surface area contributed by atoms with Crippen molar-refractivity contribution in [3.05, 3.63) is 89.0 Å². The number of halogens is 3. The number of hydrogen-bond acceptors (Lipinski definition) is 5. The van der Waals surface area contributed by atoms with E-state index in [9.17, 15) is 27.9 Å². The number of aromatic carboxylic acids is 1. The van der Waals surface area contributed by atoms with Crippen LogP contribution in [0, 0.1) is 13.8 Å². The van der Waals surface area contributed by atoms with E-state index < -0.39 is 18.1 Å². The number of carboxylic acid groups (broad SMARTS) is 2. The van der Waals surface area contributed by atoms with E-state index in [0.717, 1.165) is 12.1 Å². The molecule has 1 aliphatic rings. The molecule has 8 nitrogen and oxygen atoms in total. The molecule has 1 atom stereocenters. The number of carbonyl (C=O) groups is 3. The number of hydrogen-bond donors (Lipinski definition) is 3. The third kappa shape index (κ3) is 7.52. The Morgan fingerprint density at radius 2 is 1.57 bits per heavy atom. The summed E-state index contributed by atoms with van der Waals surface area (Å²) in [5, 5.41) is 19.9. The maximum atomic E-state index is 12.7. The van der Waals surface area contributed by atoms with Crippen LogP contribution in [0.5, 0.6) is 0 Å². The molecule has 3 N–H and O–H groups in total. The molecule has 3 aromatic rings. The fourth-order valence-corrected chi connectivity index (χ4v) is 4.45. The molecular weight excluding hydrogens is 527 g/mol. The molecule has 0 radical (unpaired) electrons. The number of nitrogens with zero attached hydrogens (tertiary/aromatic N) is 2. The lowest BCUT2D eigenvalue weighted by molar-refractivity contribution is -0.192. The monoisotopic (exact) mass is 557 g/mol. The van der Waals surface area contributed by atoms with Crippen molar-refractivity contribution < 1.29 is 37.8 Å². The zero-order chi connectivity index (χ0) is 29.6. The molecule has 1 amide bonds. The molecule has 11 heteroatoms. The van der Waals surface area contributed by atoms with Gasteiger partial charge in [0.15, 0.2) is 0 Å². The minimum Gasteiger partial charge on any atom is -0.478 e. The lowest BCUT2D eigenvalue weighted by atomic mass is 10.1. The van der Waals surface area contributed by atoms with Crippen LogP contribution in [0.4, 0.5) is 30.2 Å². The van der Waals surface area contributed by atoms with Gasteiger partial charge < -0.3 is 25.3 Å². The summed E-state index contributed by atoms with van der Waals surface area (Å²) in [5.74, 6) is -4.02. The molecule has 4 rings (SSSR count). The Hall–Kier alpha value is -4.54. The third-order valence-electron chi connectivity index (χ3n) is 6.42. The molecule has 0 aliphatic carbocycles. The van der Waals surface area contributed by atoms with Gasteiger partial charge in [0.25, 0.3) is 5.91 Å². The fourth-order valence-electron chi connectivity index (χ4n) is 4.45. The smallest absolute Gasteiger partial charge is 0.478 e. The van der Waals surface area contributed by atoms with E-state index in [4.69, 9.17) is 9.90 Å². The SMILES string of the molecule is Cc1cccc(N2CCN(c3ccc(NC(=O)c4ccccc4C)cc3C(=O)O)CC2C)c1.O=C(O)C(F)(F)F. The van der Waals surface area contributed by atoms with Crippen molar-refractivity contribution in [2.24, 2.45) is 0 Å². The van der Waals surface area contributed by atoms with E-state index in [-0.39, 0.29) is 17.5 Å². The Bertz CT molecular complexity index is 1390. The second-order valence-corrected chi connectivity index (χ2v) is 9.44. The summed E-state index contributed by atoms with van der Waals surface area (Å²) in [7, 11) is 0. The number of aryl methyl sites for hydroxylation is 2. The Balaban J connectivity index is 0.000000559. The summed E-state index contributed by atoms with van der Waals surface area (Å²) in [6.45, 7) is 8.35. The zero-order valence-corrected chi connectivity index (χ0v) is 22.2. The highest BCUT2D eigenvalue weighted by atomic mass is 19.4. The first-order chi connectivity index (χ1) is 18.8. The quantitative estimate of drug-likeness (QED) is 0.375. The van der Waals surface area contributed by atoms with E-state index >= 15 is 0 Å². The van der Waals surface area contributed by atoms with Crippen LogP contribution in [0.15, 0.2) is 66.7 Å². The number of amides is 1. The number of aliphatic carboxylic acids is 1. The number of nitrogens with one attached hydrogen (secondary N) is 1. The molecule has 3 aromatic carbocycles. The average Bonchev–Trinajstić information content (AvgIpc) is 2.88. The Kier molecular flexibility index (Phi) is 9.41. The number of carbonyl (C=O) groups excluding carboxylic acids is 1. The number of anilines is 3. The lowest BCUT2D eigenvalue weighted by Crippen LogP contribution is -2.52. The summed E-state index contributed by atoms with van der Waals surface area (Å²) >= 11 is 0. The van der Waals surface area contributed by atoms with Gasteiger partial charge in [-0.15, -0.1) is 0 Å². The van der Waals surface area contributed by atoms with Crippen LogP contribution >= 0.6 is 0 Å². The van der Waals surface area contributed by atoms with Crippen LogP contribution < -0.4 is 15.1 Å². The molecule has 212 valence electrons. The molecule has 1 fully saturated rings. The first kappa shape index (κ1) is 30.0. The van der Waals surface area contributed by atoms with Crippen LogP contribution in [0.1, 0.15) is 38.8 Å². The van der Waals surface area contributed by atoms with Gasteiger partial charge in [-0.05, 0) is 68.3 Å². The highest BCUT2D eigenvalue weighted by Crippen LogP contribution is 2.29. The summed E-state index contributed by atoms with van der Waals surface area (Å²) in [5.41, 5.74) is 5.18. The van der Waals surface area contributed by atoms with Gasteiger partial charge in [0, 0.05) is 42.6 Å². The summed E-state index contributed by atoms with van der Waals surface area (Å²) in [6.07, 6.45) is -5.08. The maximum Gasteiger partial charge on any atom is 0.490 e. The topological polar surface area (TPSA) is 110 Å². The second kappa shape index (κ2) is 12.5. The van der Waals surface area contributed by atoms with Gasteiger partial charge in [0.2, 0.25) is 0 Å². The van der Waals surface area contributed by atoms with Crippen LogP contribution in [0.3, 0.4) is 0 Å². The average molecular weight is 558 g/mol. The van der Waals surface area contributed by atoms with Gasteiger partial charge in [-0.1, -0.05) is 30.3 Å². The molecule has 1 saturated heterocycles. The van der Waals surface area contributed by atoms with Gasteiger partial charge in [-0.2, -0.15) is 13.2 Å². The highest BCUT2D eigenvalue weighted by Gasteiger charge is 2.38. The maximum absolute atomic E-state index is 12.7. The van der Waals surface area contributed by atoms with Gasteiger partial charge in [0.1, 0.15) is 0 Å². The first-order valence-corrected chi connectivity index (χ1v) is 12.4. The molecule has 1 unspecified atom stereocenters. The number of rotatable bonds is 5. The van der Waals surface area contributed by atoms with Crippen molar-refractivity contribution in [1.29, 1.82) is 0 Å². The predicted molar refractivity (Wildman–Crippen MR) is 146 cm³/mol. The molecule has 1 heterocycles. The van der Waals surface area contributed by atoms with Crippen LogP contribution in [-0.2, 0) is 4.79 Å². The molecule has 1 aliphatic heterocycles. The van der Waals surface area contributed by atoms with E-state index in [1.54, 1.807) is 24.3 Å². The van der Waals surface area contributed by atoms with Gasteiger partial charge in [0.05, 0.1) is 11.3 Å². The Labute approximate surface area is 229 Å². The van der Waals surface area contributed by atoms with E-state index in [1.807, 2.05) is 25.1 Å².